The van der Waals surface area contributed by atoms with E-state index in [0.717, 1.165) is 24.3 Å². The first kappa shape index (κ1) is 16.7. The van der Waals surface area contributed by atoms with Gasteiger partial charge < -0.3 is 9.64 Å². The van der Waals surface area contributed by atoms with Gasteiger partial charge in [-0.1, -0.05) is 12.1 Å². The molecule has 1 aliphatic rings. The van der Waals surface area contributed by atoms with Crippen LogP contribution >= 0.6 is 0 Å². The third kappa shape index (κ3) is 3.52. The van der Waals surface area contributed by atoms with Gasteiger partial charge in [-0.15, -0.1) is 0 Å². The molecular weight excluding hydrogens is 326 g/mol. The predicted molar refractivity (Wildman–Crippen MR) is 92.9 cm³/mol. The molecule has 1 saturated heterocycles. The molecule has 1 aromatic heterocycles. The lowest BCUT2D eigenvalue weighted by Gasteiger charge is -2.18. The van der Waals surface area contributed by atoms with Gasteiger partial charge >= 0.3 is 0 Å². The third-order valence-corrected chi connectivity index (χ3v) is 5.63. The van der Waals surface area contributed by atoms with Crippen LogP contribution in [0.2, 0.25) is 0 Å². The van der Waals surface area contributed by atoms with Gasteiger partial charge in [0.1, 0.15) is 16.5 Å². The number of nitrogens with zero attached hydrogens (tertiary/aromatic N) is 2. The zero-order valence-corrected chi connectivity index (χ0v) is 14.6. The smallest absolute Gasteiger partial charge is 0.244 e. The summed E-state index contributed by atoms with van der Waals surface area (Å²) in [6.07, 6.45) is 2.48. The Kier molecular flexibility index (Phi) is 4.73. The topological polar surface area (TPSA) is 71.5 Å². The molecule has 0 saturated carbocycles. The van der Waals surface area contributed by atoms with Crippen LogP contribution in [0.3, 0.4) is 0 Å². The van der Waals surface area contributed by atoms with Crippen LogP contribution in [0.4, 0.5) is 5.82 Å². The maximum absolute atomic E-state index is 12.7. The summed E-state index contributed by atoms with van der Waals surface area (Å²) in [5.74, 6) is 1.22. The van der Waals surface area contributed by atoms with E-state index in [4.69, 9.17) is 4.74 Å². The molecule has 0 spiro atoms. The second kappa shape index (κ2) is 6.78. The maximum Gasteiger partial charge on any atom is 0.244 e. The molecule has 2 aromatic rings. The van der Waals surface area contributed by atoms with E-state index in [1.54, 1.807) is 18.3 Å². The summed E-state index contributed by atoms with van der Waals surface area (Å²) >= 11 is 0. The molecule has 1 aromatic carbocycles. The molecule has 7 heteroatoms. The van der Waals surface area contributed by atoms with Crippen LogP contribution < -0.4 is 14.4 Å². The highest BCUT2D eigenvalue weighted by molar-refractivity contribution is 7.89. The number of nitrogens with one attached hydrogen (secondary N) is 1. The largest absolute Gasteiger partial charge is 0.495 e. The Hall–Kier alpha value is -2.12. The van der Waals surface area contributed by atoms with Crippen molar-refractivity contribution in [1.29, 1.82) is 0 Å². The van der Waals surface area contributed by atoms with Gasteiger partial charge in [0.2, 0.25) is 10.0 Å². The van der Waals surface area contributed by atoms with Crippen LogP contribution in [0.5, 0.6) is 5.75 Å². The number of sulfonamides is 1. The van der Waals surface area contributed by atoms with Crippen molar-refractivity contribution >= 4 is 15.8 Å². The van der Waals surface area contributed by atoms with Gasteiger partial charge in [0.05, 0.1) is 7.11 Å². The lowest BCUT2D eigenvalue weighted by atomic mass is 10.2. The fraction of sp³-hybridized carbons (Fsp3) is 0.353. The molecule has 0 unspecified atom stereocenters. The van der Waals surface area contributed by atoms with Crippen molar-refractivity contribution in [3.8, 4) is 5.75 Å². The minimum absolute atomic E-state index is 0.151. The Morgan fingerprint density at radius 1 is 1.29 bits per heavy atom. The highest BCUT2D eigenvalue weighted by Gasteiger charge is 2.29. The molecule has 0 aliphatic carbocycles. The third-order valence-electron chi connectivity index (χ3n) is 4.09. The minimum atomic E-state index is -3.64. The van der Waals surface area contributed by atoms with Crippen LogP contribution in [-0.2, 0) is 10.0 Å². The molecule has 128 valence electrons. The number of ether oxygens (including phenoxy) is 1. The minimum Gasteiger partial charge on any atom is -0.495 e. The molecule has 1 aliphatic heterocycles. The lowest BCUT2D eigenvalue weighted by Crippen LogP contribution is -2.37. The zero-order valence-electron chi connectivity index (χ0n) is 13.8. The first-order valence-corrected chi connectivity index (χ1v) is 9.31. The zero-order chi connectivity index (χ0) is 17.2. The molecule has 3 rings (SSSR count). The van der Waals surface area contributed by atoms with Crippen molar-refractivity contribution in [2.75, 3.05) is 25.1 Å². The van der Waals surface area contributed by atoms with E-state index < -0.39 is 10.0 Å². The Bertz CT molecular complexity index is 809. The Morgan fingerprint density at radius 2 is 2.12 bits per heavy atom. The van der Waals surface area contributed by atoms with E-state index in [1.807, 2.05) is 31.2 Å². The number of anilines is 1. The van der Waals surface area contributed by atoms with Gasteiger partial charge in [0.15, 0.2) is 0 Å². The summed E-state index contributed by atoms with van der Waals surface area (Å²) in [5.41, 5.74) is 0.873. The summed E-state index contributed by atoms with van der Waals surface area (Å²) in [7, 11) is -2.16. The molecule has 0 amide bonds. The quantitative estimate of drug-likeness (QED) is 0.895. The first-order chi connectivity index (χ1) is 11.5. The number of methoxy groups -OCH3 is 1. The molecule has 2 heterocycles. The fourth-order valence-corrected chi connectivity index (χ4v) is 4.40. The van der Waals surface area contributed by atoms with Crippen molar-refractivity contribution < 1.29 is 13.2 Å². The Labute approximate surface area is 142 Å². The number of hydrogen-bond acceptors (Lipinski definition) is 5. The van der Waals surface area contributed by atoms with E-state index in [1.165, 1.54) is 7.11 Å². The highest BCUT2D eigenvalue weighted by Crippen LogP contribution is 2.26. The van der Waals surface area contributed by atoms with Gasteiger partial charge in [0, 0.05) is 25.3 Å². The lowest BCUT2D eigenvalue weighted by molar-refractivity contribution is 0.402. The summed E-state index contributed by atoms with van der Waals surface area (Å²) in [5, 5.41) is 0. The average molecular weight is 347 g/mol. The second-order valence-corrected chi connectivity index (χ2v) is 7.58. The SMILES string of the molecule is COc1ccc(C)cc1S(=O)(=O)N[C@H]1CCN(c2ccccn2)C1. The van der Waals surface area contributed by atoms with Crippen LogP contribution in [0, 0.1) is 6.92 Å². The van der Waals surface area contributed by atoms with E-state index >= 15 is 0 Å². The summed E-state index contributed by atoms with van der Waals surface area (Å²) in [4.78, 5) is 6.58. The van der Waals surface area contributed by atoms with Crippen molar-refractivity contribution in [2.45, 2.75) is 24.3 Å². The van der Waals surface area contributed by atoms with E-state index in [-0.39, 0.29) is 10.9 Å². The number of benzene rings is 1. The van der Waals surface area contributed by atoms with Gasteiger partial charge in [-0.05, 0) is 43.2 Å². The molecule has 24 heavy (non-hydrogen) atoms. The standard InChI is InChI=1S/C17H21N3O3S/c1-13-6-7-15(23-2)16(11-13)24(21,22)19-14-8-10-20(12-14)17-5-3-4-9-18-17/h3-7,9,11,14,19H,8,10,12H2,1-2H3/t14-/m0/s1. The number of rotatable bonds is 5. The monoisotopic (exact) mass is 347 g/mol. The fourth-order valence-electron chi connectivity index (χ4n) is 2.88. The maximum atomic E-state index is 12.7. The average Bonchev–Trinajstić information content (AvgIpc) is 3.03. The van der Waals surface area contributed by atoms with Crippen molar-refractivity contribution in [3.05, 3.63) is 48.2 Å². The molecule has 1 fully saturated rings. The number of aryl methyl sites for hydroxylation is 1. The van der Waals surface area contributed by atoms with Crippen LogP contribution in [0.1, 0.15) is 12.0 Å². The normalized spacial score (nSPS) is 17.9. The van der Waals surface area contributed by atoms with Gasteiger partial charge in [0.25, 0.3) is 0 Å². The summed E-state index contributed by atoms with van der Waals surface area (Å²) < 4.78 is 33.5. The Balaban J connectivity index is 1.75. The van der Waals surface area contributed by atoms with E-state index in [0.29, 0.717) is 12.3 Å². The number of aromatic nitrogens is 1. The molecule has 1 N–H and O–H groups in total. The second-order valence-electron chi connectivity index (χ2n) is 5.90. The number of pyridine rings is 1. The Morgan fingerprint density at radius 3 is 2.83 bits per heavy atom. The van der Waals surface area contributed by atoms with Crippen molar-refractivity contribution in [3.63, 3.8) is 0 Å². The molecule has 1 atom stereocenters. The number of hydrogen-bond donors (Lipinski definition) is 1. The van der Waals surface area contributed by atoms with E-state index in [2.05, 4.69) is 14.6 Å². The molecular formula is C17H21N3O3S. The van der Waals surface area contributed by atoms with Crippen molar-refractivity contribution in [2.24, 2.45) is 0 Å². The van der Waals surface area contributed by atoms with Gasteiger partial charge in [-0.2, -0.15) is 0 Å². The summed E-state index contributed by atoms with van der Waals surface area (Å²) in [6.45, 7) is 3.23. The van der Waals surface area contributed by atoms with Crippen molar-refractivity contribution in [1.82, 2.24) is 9.71 Å². The van der Waals surface area contributed by atoms with Crippen LogP contribution in [-0.4, -0.2) is 39.6 Å². The van der Waals surface area contributed by atoms with E-state index in [9.17, 15) is 8.42 Å². The molecule has 0 radical (unpaired) electrons. The molecule has 6 nitrogen and oxygen atoms in total. The van der Waals surface area contributed by atoms with Crippen LogP contribution in [0.15, 0.2) is 47.5 Å². The van der Waals surface area contributed by atoms with Gasteiger partial charge in [-0.3, -0.25) is 0 Å². The highest BCUT2D eigenvalue weighted by atomic mass is 32.2. The molecule has 0 bridgehead atoms. The van der Waals surface area contributed by atoms with Crippen LogP contribution in [0.25, 0.3) is 0 Å². The first-order valence-electron chi connectivity index (χ1n) is 7.82. The summed E-state index contributed by atoms with van der Waals surface area (Å²) in [6, 6.07) is 10.7. The van der Waals surface area contributed by atoms with Gasteiger partial charge in [-0.25, -0.2) is 18.1 Å². The predicted octanol–water partition coefficient (Wildman–Crippen LogP) is 1.96.